The van der Waals surface area contributed by atoms with E-state index in [-0.39, 0.29) is 23.8 Å². The number of furan rings is 1. The topological polar surface area (TPSA) is 62.5 Å². The molecule has 132 valence electrons. The highest BCUT2D eigenvalue weighted by Gasteiger charge is 2.60. The van der Waals surface area contributed by atoms with Crippen molar-refractivity contribution < 1.29 is 14.3 Å². The van der Waals surface area contributed by atoms with Gasteiger partial charge in [0.05, 0.1) is 6.54 Å². The summed E-state index contributed by atoms with van der Waals surface area (Å²) in [6.45, 7) is 3.67. The maximum absolute atomic E-state index is 12.7. The first-order valence-corrected chi connectivity index (χ1v) is 9.08. The lowest BCUT2D eigenvalue weighted by molar-refractivity contribution is -0.124. The fourth-order valence-electron chi connectivity index (χ4n) is 4.37. The first-order chi connectivity index (χ1) is 11.9. The first kappa shape index (κ1) is 16.4. The summed E-state index contributed by atoms with van der Waals surface area (Å²) in [6.07, 6.45) is 4.25. The van der Waals surface area contributed by atoms with E-state index < -0.39 is 5.60 Å². The van der Waals surface area contributed by atoms with Gasteiger partial charge in [-0.2, -0.15) is 0 Å². The summed E-state index contributed by atoms with van der Waals surface area (Å²) in [7, 11) is 0. The Labute approximate surface area is 148 Å². The van der Waals surface area contributed by atoms with E-state index in [4.69, 9.17) is 4.42 Å². The highest BCUT2D eigenvalue weighted by atomic mass is 16.4. The molecule has 4 heteroatoms. The first-order valence-electron chi connectivity index (χ1n) is 9.08. The molecule has 1 aromatic heterocycles. The number of hydrogen-bond donors (Lipinski definition) is 2. The van der Waals surface area contributed by atoms with Crippen molar-refractivity contribution in [1.82, 2.24) is 5.32 Å². The second kappa shape index (κ2) is 5.73. The van der Waals surface area contributed by atoms with Crippen LogP contribution < -0.4 is 5.32 Å². The van der Waals surface area contributed by atoms with E-state index in [1.807, 2.05) is 13.0 Å². The average Bonchev–Trinajstić information content (AvgIpc) is 3.13. The van der Waals surface area contributed by atoms with Crippen LogP contribution in [0.2, 0.25) is 0 Å². The Bertz CT molecular complexity index is 807. The second-order valence-corrected chi connectivity index (χ2v) is 7.83. The lowest BCUT2D eigenvalue weighted by atomic mass is 9.78. The van der Waals surface area contributed by atoms with Crippen LogP contribution in [0.3, 0.4) is 0 Å². The van der Waals surface area contributed by atoms with Crippen molar-refractivity contribution in [1.29, 1.82) is 0 Å². The maximum atomic E-state index is 12.7. The van der Waals surface area contributed by atoms with Gasteiger partial charge in [-0.15, -0.1) is 0 Å². The van der Waals surface area contributed by atoms with Crippen LogP contribution in [0.1, 0.15) is 48.8 Å². The molecule has 2 aliphatic rings. The molecule has 3 atom stereocenters. The molecule has 0 bridgehead atoms. The Balaban J connectivity index is 1.44. The number of aliphatic hydroxyl groups is 1. The molecule has 1 fully saturated rings. The molecular formula is C21H25NO3. The molecule has 1 saturated carbocycles. The van der Waals surface area contributed by atoms with Gasteiger partial charge < -0.3 is 14.8 Å². The Hall–Kier alpha value is -2.07. The summed E-state index contributed by atoms with van der Waals surface area (Å²) in [5, 5.41) is 13.5. The van der Waals surface area contributed by atoms with Crippen LogP contribution in [0, 0.1) is 12.8 Å². The summed E-state index contributed by atoms with van der Waals surface area (Å²) in [5.41, 5.74) is 1.57. The SMILES string of the molecule is Cc1ccc(C(C)(O)CNC(=O)C2CC23CCCc2ccccc23)o1. The highest BCUT2D eigenvalue weighted by Crippen LogP contribution is 2.60. The van der Waals surface area contributed by atoms with Gasteiger partial charge in [-0.3, -0.25) is 4.79 Å². The van der Waals surface area contributed by atoms with Gasteiger partial charge in [-0.05, 0) is 62.8 Å². The van der Waals surface area contributed by atoms with E-state index in [2.05, 4.69) is 29.6 Å². The van der Waals surface area contributed by atoms with Crippen molar-refractivity contribution >= 4 is 5.91 Å². The molecule has 0 aliphatic heterocycles. The molecule has 4 nitrogen and oxygen atoms in total. The third-order valence-corrected chi connectivity index (χ3v) is 5.89. The fourth-order valence-corrected chi connectivity index (χ4v) is 4.37. The van der Waals surface area contributed by atoms with Gasteiger partial charge in [0.1, 0.15) is 17.1 Å². The van der Waals surface area contributed by atoms with Gasteiger partial charge >= 0.3 is 0 Å². The van der Waals surface area contributed by atoms with Crippen LogP contribution in [0.5, 0.6) is 0 Å². The summed E-state index contributed by atoms with van der Waals surface area (Å²) >= 11 is 0. The second-order valence-electron chi connectivity index (χ2n) is 7.83. The number of rotatable bonds is 4. The predicted octanol–water partition coefficient (Wildman–Crippen LogP) is 3.21. The standard InChI is InChI=1S/C21H25NO3/c1-14-9-10-18(25-14)20(2,24)13-22-19(23)17-12-21(17)11-5-7-15-6-3-4-8-16(15)21/h3-4,6,8-10,17,24H,5,7,11-13H2,1-2H3,(H,22,23). The van der Waals surface area contributed by atoms with Crippen LogP contribution >= 0.6 is 0 Å². The quantitative estimate of drug-likeness (QED) is 0.899. The summed E-state index contributed by atoms with van der Waals surface area (Å²) in [6, 6.07) is 12.1. The number of carbonyl (C=O) groups excluding carboxylic acids is 1. The molecule has 1 amide bonds. The minimum Gasteiger partial charge on any atom is -0.463 e. The van der Waals surface area contributed by atoms with Gasteiger partial charge in [0, 0.05) is 11.3 Å². The third-order valence-electron chi connectivity index (χ3n) is 5.89. The number of benzene rings is 1. The van der Waals surface area contributed by atoms with Crippen LogP contribution in [0.15, 0.2) is 40.8 Å². The van der Waals surface area contributed by atoms with Crippen LogP contribution in [-0.2, 0) is 22.2 Å². The minimum absolute atomic E-state index is 0.0167. The van der Waals surface area contributed by atoms with E-state index in [0.29, 0.717) is 5.76 Å². The average molecular weight is 339 g/mol. The molecule has 25 heavy (non-hydrogen) atoms. The molecular weight excluding hydrogens is 314 g/mol. The summed E-state index contributed by atoms with van der Waals surface area (Å²) < 4.78 is 5.51. The monoisotopic (exact) mass is 339 g/mol. The van der Waals surface area contributed by atoms with Gasteiger partial charge in [-0.1, -0.05) is 24.3 Å². The Morgan fingerprint density at radius 3 is 2.92 bits per heavy atom. The number of carbonyl (C=O) groups is 1. The smallest absolute Gasteiger partial charge is 0.224 e. The van der Waals surface area contributed by atoms with Gasteiger partial charge in [-0.25, -0.2) is 0 Å². The number of aryl methyl sites for hydroxylation is 2. The van der Waals surface area contributed by atoms with Crippen molar-refractivity contribution in [3.8, 4) is 0 Å². The maximum Gasteiger partial charge on any atom is 0.224 e. The number of nitrogens with one attached hydrogen (secondary N) is 1. The Morgan fingerprint density at radius 1 is 1.36 bits per heavy atom. The third kappa shape index (κ3) is 2.78. The van der Waals surface area contributed by atoms with Crippen molar-refractivity contribution in [2.24, 2.45) is 5.92 Å². The normalized spacial score (nSPS) is 26.8. The molecule has 1 heterocycles. The van der Waals surface area contributed by atoms with E-state index in [1.54, 1.807) is 13.0 Å². The van der Waals surface area contributed by atoms with Gasteiger partial charge in [0.15, 0.2) is 0 Å². The molecule has 0 saturated heterocycles. The highest BCUT2D eigenvalue weighted by molar-refractivity contribution is 5.84. The van der Waals surface area contributed by atoms with Crippen LogP contribution in [-0.4, -0.2) is 17.6 Å². The zero-order valence-corrected chi connectivity index (χ0v) is 14.8. The van der Waals surface area contributed by atoms with Crippen LogP contribution in [0.4, 0.5) is 0 Å². The predicted molar refractivity (Wildman–Crippen MR) is 95.2 cm³/mol. The van der Waals surface area contributed by atoms with Crippen molar-refractivity contribution in [2.45, 2.75) is 50.5 Å². The molecule has 1 spiro atoms. The summed E-state index contributed by atoms with van der Waals surface area (Å²) in [5.74, 6) is 1.30. The van der Waals surface area contributed by atoms with Gasteiger partial charge in [0.2, 0.25) is 5.91 Å². The summed E-state index contributed by atoms with van der Waals surface area (Å²) in [4.78, 5) is 12.7. The lowest BCUT2D eigenvalue weighted by Gasteiger charge is -2.27. The largest absolute Gasteiger partial charge is 0.463 e. The van der Waals surface area contributed by atoms with Crippen molar-refractivity contribution in [3.63, 3.8) is 0 Å². The molecule has 2 N–H and O–H groups in total. The lowest BCUT2D eigenvalue weighted by Crippen LogP contribution is -2.40. The number of amides is 1. The zero-order chi connectivity index (χ0) is 17.7. The van der Waals surface area contributed by atoms with Crippen LogP contribution in [0.25, 0.3) is 0 Å². The Morgan fingerprint density at radius 2 is 2.16 bits per heavy atom. The fraction of sp³-hybridized carbons (Fsp3) is 0.476. The minimum atomic E-state index is -1.20. The number of hydrogen-bond acceptors (Lipinski definition) is 3. The van der Waals surface area contributed by atoms with E-state index >= 15 is 0 Å². The molecule has 2 aliphatic carbocycles. The molecule has 4 rings (SSSR count). The molecule has 1 aromatic carbocycles. The zero-order valence-electron chi connectivity index (χ0n) is 14.8. The molecule has 0 radical (unpaired) electrons. The van der Waals surface area contributed by atoms with E-state index in [1.165, 1.54) is 11.1 Å². The van der Waals surface area contributed by atoms with Crippen molar-refractivity contribution in [2.75, 3.05) is 6.54 Å². The number of fused-ring (bicyclic) bond motifs is 2. The molecule has 2 aromatic rings. The van der Waals surface area contributed by atoms with Gasteiger partial charge in [0.25, 0.3) is 0 Å². The van der Waals surface area contributed by atoms with Crippen molar-refractivity contribution in [3.05, 3.63) is 59.0 Å². The van der Waals surface area contributed by atoms with E-state index in [9.17, 15) is 9.90 Å². The Kier molecular flexibility index (Phi) is 3.76. The van der Waals surface area contributed by atoms with E-state index in [0.717, 1.165) is 31.4 Å². The molecule has 3 unspecified atom stereocenters.